The largest absolute Gasteiger partial charge is 0.444 e. The Morgan fingerprint density at radius 1 is 1.28 bits per heavy atom. The zero-order chi connectivity index (χ0) is 18.2. The zero-order valence-corrected chi connectivity index (χ0v) is 16.3. The summed E-state index contributed by atoms with van der Waals surface area (Å²) >= 11 is 6.27. The molecule has 0 spiro atoms. The van der Waals surface area contributed by atoms with E-state index in [-0.39, 0.29) is 6.09 Å². The minimum absolute atomic E-state index is 0.242. The number of anilines is 1. The fourth-order valence-electron chi connectivity index (χ4n) is 3.46. The molecule has 3 heterocycles. The van der Waals surface area contributed by atoms with E-state index in [2.05, 4.69) is 22.9 Å². The minimum atomic E-state index is -0.458. The molecule has 2 fully saturated rings. The first-order valence-electron chi connectivity index (χ1n) is 9.11. The number of carbonyl (C=O) groups excluding carboxylic acids is 1. The van der Waals surface area contributed by atoms with Crippen molar-refractivity contribution in [2.24, 2.45) is 5.92 Å². The van der Waals surface area contributed by atoms with Crippen molar-refractivity contribution < 1.29 is 9.53 Å². The summed E-state index contributed by atoms with van der Waals surface area (Å²) in [6, 6.07) is 4.07. The molecule has 0 bridgehead atoms. The molecule has 1 unspecified atom stereocenters. The van der Waals surface area contributed by atoms with Crippen molar-refractivity contribution in [1.82, 2.24) is 9.88 Å². The van der Waals surface area contributed by atoms with Crippen LogP contribution in [0.25, 0.3) is 0 Å². The minimum Gasteiger partial charge on any atom is -0.444 e. The highest BCUT2D eigenvalue weighted by Crippen LogP contribution is 2.32. The van der Waals surface area contributed by atoms with Crippen LogP contribution in [0.2, 0.25) is 5.15 Å². The summed E-state index contributed by atoms with van der Waals surface area (Å²) in [5, 5.41) is 0.529. The third kappa shape index (κ3) is 4.57. The highest BCUT2D eigenvalue weighted by Gasteiger charge is 2.35. The van der Waals surface area contributed by atoms with Crippen molar-refractivity contribution in [2.75, 3.05) is 31.1 Å². The van der Waals surface area contributed by atoms with Crippen molar-refractivity contribution in [3.63, 3.8) is 0 Å². The van der Waals surface area contributed by atoms with Crippen LogP contribution in [0.5, 0.6) is 0 Å². The summed E-state index contributed by atoms with van der Waals surface area (Å²) in [6.07, 6.45) is 2.23. The number of amides is 1. The van der Waals surface area contributed by atoms with Crippen molar-refractivity contribution in [1.29, 1.82) is 0 Å². The Labute approximate surface area is 155 Å². The Bertz CT molecular complexity index is 638. The van der Waals surface area contributed by atoms with Gasteiger partial charge in [-0.3, -0.25) is 0 Å². The number of carbonyl (C=O) groups is 1. The molecule has 0 aliphatic carbocycles. The van der Waals surface area contributed by atoms with Crippen LogP contribution < -0.4 is 4.90 Å². The van der Waals surface area contributed by atoms with Crippen molar-refractivity contribution >= 4 is 23.5 Å². The smallest absolute Gasteiger partial charge is 0.410 e. The molecule has 0 radical (unpaired) electrons. The first-order valence-corrected chi connectivity index (χ1v) is 9.49. The molecule has 2 aliphatic heterocycles. The molecule has 1 aromatic rings. The van der Waals surface area contributed by atoms with Crippen molar-refractivity contribution in [3.05, 3.63) is 22.8 Å². The second kappa shape index (κ2) is 7.02. The number of likely N-dealkylation sites (tertiary alicyclic amines) is 1. The molecular weight excluding hydrogens is 338 g/mol. The lowest BCUT2D eigenvalue weighted by molar-refractivity contribution is 0.00820. The monoisotopic (exact) mass is 365 g/mol. The van der Waals surface area contributed by atoms with Crippen LogP contribution in [0, 0.1) is 5.92 Å². The molecule has 0 N–H and O–H groups in total. The average molecular weight is 366 g/mol. The van der Waals surface area contributed by atoms with E-state index < -0.39 is 5.60 Å². The Balaban J connectivity index is 1.65. The Hall–Kier alpha value is -1.49. The van der Waals surface area contributed by atoms with Crippen LogP contribution >= 0.6 is 11.6 Å². The van der Waals surface area contributed by atoms with Gasteiger partial charge in [0.05, 0.1) is 0 Å². The van der Waals surface area contributed by atoms with Gasteiger partial charge in [0, 0.05) is 32.1 Å². The molecule has 2 aliphatic rings. The first-order chi connectivity index (χ1) is 11.7. The molecule has 25 heavy (non-hydrogen) atoms. The molecular formula is C19H28ClN3O2. The molecule has 0 aromatic carbocycles. The van der Waals surface area contributed by atoms with Gasteiger partial charge in [0.2, 0.25) is 0 Å². The van der Waals surface area contributed by atoms with E-state index in [1.807, 2.05) is 26.8 Å². The van der Waals surface area contributed by atoms with Gasteiger partial charge in [0.15, 0.2) is 0 Å². The summed E-state index contributed by atoms with van der Waals surface area (Å²) in [5.41, 5.74) is 0.702. The van der Waals surface area contributed by atoms with E-state index in [0.29, 0.717) is 30.1 Å². The standard InChI is InChI=1S/C19H28ClN3O2/c1-13-6-5-7-22(10-13)17-9-14(8-16(20)21-17)15-11-23(12-15)18(24)25-19(2,3)4/h8-9,13,15H,5-7,10-12H2,1-4H3. The van der Waals surface area contributed by atoms with Crippen LogP contribution in [-0.4, -0.2) is 47.8 Å². The molecule has 3 rings (SSSR count). The van der Waals surface area contributed by atoms with E-state index in [1.165, 1.54) is 12.8 Å². The molecule has 138 valence electrons. The van der Waals surface area contributed by atoms with E-state index in [0.717, 1.165) is 24.5 Å². The third-order valence-electron chi connectivity index (χ3n) is 4.79. The zero-order valence-electron chi connectivity index (χ0n) is 15.6. The molecule has 0 saturated carbocycles. The summed E-state index contributed by atoms with van der Waals surface area (Å²) in [5.74, 6) is 1.95. The van der Waals surface area contributed by atoms with E-state index in [4.69, 9.17) is 16.3 Å². The van der Waals surface area contributed by atoms with Gasteiger partial charge in [-0.1, -0.05) is 18.5 Å². The fraction of sp³-hybridized carbons (Fsp3) is 0.684. The number of hydrogen-bond donors (Lipinski definition) is 0. The number of hydrogen-bond acceptors (Lipinski definition) is 4. The number of ether oxygens (including phenoxy) is 1. The Morgan fingerprint density at radius 2 is 2.00 bits per heavy atom. The second-order valence-corrected chi connectivity index (χ2v) is 8.74. The van der Waals surface area contributed by atoms with Crippen LogP contribution in [0.3, 0.4) is 0 Å². The van der Waals surface area contributed by atoms with Gasteiger partial charge in [-0.15, -0.1) is 0 Å². The lowest BCUT2D eigenvalue weighted by Gasteiger charge is -2.40. The molecule has 2 saturated heterocycles. The molecule has 1 atom stereocenters. The summed E-state index contributed by atoms with van der Waals surface area (Å²) in [4.78, 5) is 20.7. The predicted molar refractivity (Wildman–Crippen MR) is 100 cm³/mol. The van der Waals surface area contributed by atoms with Gasteiger partial charge in [0.25, 0.3) is 0 Å². The maximum atomic E-state index is 12.1. The van der Waals surface area contributed by atoms with Crippen molar-refractivity contribution in [3.8, 4) is 0 Å². The lowest BCUT2D eigenvalue weighted by Crippen LogP contribution is -2.50. The van der Waals surface area contributed by atoms with E-state index in [9.17, 15) is 4.79 Å². The second-order valence-electron chi connectivity index (χ2n) is 8.36. The lowest BCUT2D eigenvalue weighted by atomic mass is 9.92. The number of nitrogens with zero attached hydrogens (tertiary/aromatic N) is 3. The Kier molecular flexibility index (Phi) is 5.14. The van der Waals surface area contributed by atoms with Crippen LogP contribution in [0.1, 0.15) is 52.0 Å². The van der Waals surface area contributed by atoms with E-state index >= 15 is 0 Å². The maximum Gasteiger partial charge on any atom is 0.410 e. The highest BCUT2D eigenvalue weighted by atomic mass is 35.5. The molecule has 5 nitrogen and oxygen atoms in total. The molecule has 1 amide bonds. The third-order valence-corrected chi connectivity index (χ3v) is 4.98. The number of rotatable bonds is 2. The summed E-state index contributed by atoms with van der Waals surface area (Å²) < 4.78 is 5.42. The fourth-order valence-corrected chi connectivity index (χ4v) is 3.67. The maximum absolute atomic E-state index is 12.1. The number of halogens is 1. The summed E-state index contributed by atoms with van der Waals surface area (Å²) in [6.45, 7) is 11.3. The number of aromatic nitrogens is 1. The number of piperidine rings is 1. The average Bonchev–Trinajstić information content (AvgIpc) is 2.43. The quantitative estimate of drug-likeness (QED) is 0.733. The van der Waals surface area contributed by atoms with Gasteiger partial charge >= 0.3 is 6.09 Å². The van der Waals surface area contributed by atoms with Gasteiger partial charge in [-0.05, 0) is 57.2 Å². The van der Waals surface area contributed by atoms with Crippen LogP contribution in [-0.2, 0) is 4.74 Å². The predicted octanol–water partition coefficient (Wildman–Crippen LogP) is 4.31. The van der Waals surface area contributed by atoms with Crippen LogP contribution in [0.4, 0.5) is 10.6 Å². The van der Waals surface area contributed by atoms with Crippen molar-refractivity contribution in [2.45, 2.75) is 52.1 Å². The van der Waals surface area contributed by atoms with Gasteiger partial charge in [-0.25, -0.2) is 9.78 Å². The van der Waals surface area contributed by atoms with Gasteiger partial charge < -0.3 is 14.5 Å². The molecule has 1 aromatic heterocycles. The topological polar surface area (TPSA) is 45.7 Å². The molecule has 6 heteroatoms. The van der Waals surface area contributed by atoms with Gasteiger partial charge in [0.1, 0.15) is 16.6 Å². The van der Waals surface area contributed by atoms with E-state index in [1.54, 1.807) is 4.90 Å². The highest BCUT2D eigenvalue weighted by molar-refractivity contribution is 6.29. The van der Waals surface area contributed by atoms with Gasteiger partial charge in [-0.2, -0.15) is 0 Å². The normalized spacial score (nSPS) is 21.9. The first kappa shape index (κ1) is 18.3. The SMILES string of the molecule is CC1CCCN(c2cc(C3CN(C(=O)OC(C)(C)C)C3)cc(Cl)n2)C1. The summed E-state index contributed by atoms with van der Waals surface area (Å²) in [7, 11) is 0. The number of pyridine rings is 1. The Morgan fingerprint density at radius 3 is 2.64 bits per heavy atom. The van der Waals surface area contributed by atoms with Crippen LogP contribution in [0.15, 0.2) is 12.1 Å².